The van der Waals surface area contributed by atoms with Crippen molar-refractivity contribution in [2.45, 2.75) is 6.54 Å². The molecule has 8 nitrogen and oxygen atoms in total. The van der Waals surface area contributed by atoms with E-state index in [2.05, 4.69) is 4.98 Å². The third kappa shape index (κ3) is 6.00. The summed E-state index contributed by atoms with van der Waals surface area (Å²) in [4.78, 5) is 5.97. The summed E-state index contributed by atoms with van der Waals surface area (Å²) >= 11 is 0. The van der Waals surface area contributed by atoms with Gasteiger partial charge >= 0.3 is 0 Å². The third-order valence-electron chi connectivity index (χ3n) is 4.11. The van der Waals surface area contributed by atoms with Crippen molar-refractivity contribution in [1.82, 2.24) is 18.5 Å². The SMILES string of the molecule is CN(C)CCN(Cc1cccnc1)S(=O)(=O)CC1CN(S(C)(=O)=O)C1. The predicted octanol–water partition coefficient (Wildman–Crippen LogP) is -0.334. The Balaban J connectivity index is 2.04. The number of hydrogen-bond acceptors (Lipinski definition) is 6. The Kier molecular flexibility index (Phi) is 6.55. The Hall–Kier alpha value is -1.07. The van der Waals surface area contributed by atoms with Crippen LogP contribution in [0.5, 0.6) is 0 Å². The average Bonchev–Trinajstić information content (AvgIpc) is 2.46. The topological polar surface area (TPSA) is 90.9 Å². The summed E-state index contributed by atoms with van der Waals surface area (Å²) < 4.78 is 51.3. The first-order chi connectivity index (χ1) is 11.6. The Morgan fingerprint density at radius 1 is 1.20 bits per heavy atom. The minimum atomic E-state index is -3.49. The van der Waals surface area contributed by atoms with Gasteiger partial charge in [0.15, 0.2) is 0 Å². The summed E-state index contributed by atoms with van der Waals surface area (Å²) in [5.41, 5.74) is 0.830. The smallest absolute Gasteiger partial charge is 0.214 e. The van der Waals surface area contributed by atoms with Crippen molar-refractivity contribution in [3.8, 4) is 0 Å². The molecule has 1 aliphatic rings. The fraction of sp³-hybridized carbons (Fsp3) is 0.667. The van der Waals surface area contributed by atoms with Crippen LogP contribution in [0.2, 0.25) is 0 Å². The highest BCUT2D eigenvalue weighted by atomic mass is 32.2. The maximum absolute atomic E-state index is 12.8. The molecule has 0 amide bonds. The molecule has 25 heavy (non-hydrogen) atoms. The maximum Gasteiger partial charge on any atom is 0.214 e. The summed E-state index contributed by atoms with van der Waals surface area (Å²) in [6, 6.07) is 3.63. The van der Waals surface area contributed by atoms with Gasteiger partial charge in [0.05, 0.1) is 12.0 Å². The van der Waals surface area contributed by atoms with E-state index >= 15 is 0 Å². The van der Waals surface area contributed by atoms with Crippen molar-refractivity contribution in [1.29, 1.82) is 0 Å². The van der Waals surface area contributed by atoms with Crippen LogP contribution in [0.4, 0.5) is 0 Å². The van der Waals surface area contributed by atoms with Crippen LogP contribution in [-0.4, -0.2) is 87.6 Å². The fourth-order valence-electron chi connectivity index (χ4n) is 2.63. The second kappa shape index (κ2) is 8.09. The van der Waals surface area contributed by atoms with Crippen LogP contribution in [0, 0.1) is 5.92 Å². The van der Waals surface area contributed by atoms with Gasteiger partial charge < -0.3 is 4.90 Å². The third-order valence-corrected chi connectivity index (χ3v) is 7.34. The highest BCUT2D eigenvalue weighted by molar-refractivity contribution is 7.89. The van der Waals surface area contributed by atoms with E-state index in [1.54, 1.807) is 18.5 Å². The highest BCUT2D eigenvalue weighted by Gasteiger charge is 2.37. The summed E-state index contributed by atoms with van der Waals surface area (Å²) in [6.07, 6.45) is 4.45. The minimum Gasteiger partial charge on any atom is -0.308 e. The van der Waals surface area contributed by atoms with Crippen LogP contribution in [0.15, 0.2) is 24.5 Å². The van der Waals surface area contributed by atoms with E-state index in [9.17, 15) is 16.8 Å². The number of rotatable bonds is 9. The molecule has 0 atom stereocenters. The first-order valence-corrected chi connectivity index (χ1v) is 11.5. The van der Waals surface area contributed by atoms with E-state index in [4.69, 9.17) is 0 Å². The molecule has 0 aromatic carbocycles. The van der Waals surface area contributed by atoms with Crippen LogP contribution < -0.4 is 0 Å². The molecular weight excluding hydrogens is 364 g/mol. The van der Waals surface area contributed by atoms with Crippen molar-refractivity contribution in [2.75, 3.05) is 52.3 Å². The molecule has 1 saturated heterocycles. The molecule has 1 aromatic heterocycles. The number of aromatic nitrogens is 1. The summed E-state index contributed by atoms with van der Waals surface area (Å²) in [5.74, 6) is -0.192. The summed E-state index contributed by atoms with van der Waals surface area (Å²) in [6.45, 7) is 1.80. The van der Waals surface area contributed by atoms with E-state index in [0.717, 1.165) is 11.8 Å². The second-order valence-corrected chi connectivity index (χ2v) is 10.7. The Labute approximate surface area is 150 Å². The lowest BCUT2D eigenvalue weighted by atomic mass is 10.1. The lowest BCUT2D eigenvalue weighted by Crippen LogP contribution is -2.53. The van der Waals surface area contributed by atoms with Crippen LogP contribution in [-0.2, 0) is 26.6 Å². The normalized spacial score (nSPS) is 17.2. The van der Waals surface area contributed by atoms with Gasteiger partial charge in [-0.05, 0) is 25.7 Å². The largest absolute Gasteiger partial charge is 0.308 e. The molecule has 0 aliphatic carbocycles. The standard InChI is InChI=1S/C15H26N4O4S2/c1-17(2)7-8-18(10-14-5-4-6-16-9-14)25(22,23)13-15-11-19(12-15)24(3,20)21/h4-6,9,15H,7-8,10-13H2,1-3H3. The van der Waals surface area contributed by atoms with Gasteiger partial charge in [0.1, 0.15) is 0 Å². The molecule has 0 spiro atoms. The van der Waals surface area contributed by atoms with Crippen LogP contribution in [0.1, 0.15) is 5.56 Å². The van der Waals surface area contributed by atoms with Crippen molar-refractivity contribution >= 4 is 20.0 Å². The molecule has 1 aromatic rings. The van der Waals surface area contributed by atoms with Crippen molar-refractivity contribution in [2.24, 2.45) is 5.92 Å². The van der Waals surface area contributed by atoms with E-state index in [1.807, 2.05) is 25.1 Å². The molecule has 0 bridgehead atoms. The molecule has 0 saturated carbocycles. The zero-order chi connectivity index (χ0) is 18.7. The van der Waals surface area contributed by atoms with E-state index in [1.165, 1.54) is 8.61 Å². The maximum atomic E-state index is 12.8. The number of pyridine rings is 1. The number of nitrogens with zero attached hydrogens (tertiary/aromatic N) is 4. The van der Waals surface area contributed by atoms with Gasteiger partial charge in [-0.15, -0.1) is 0 Å². The van der Waals surface area contributed by atoms with Gasteiger partial charge in [0.25, 0.3) is 0 Å². The number of sulfonamides is 2. The molecule has 2 rings (SSSR count). The molecule has 0 radical (unpaired) electrons. The molecule has 0 N–H and O–H groups in total. The van der Waals surface area contributed by atoms with Gasteiger partial charge in [0.2, 0.25) is 20.0 Å². The lowest BCUT2D eigenvalue weighted by Gasteiger charge is -2.38. The van der Waals surface area contributed by atoms with E-state index in [0.29, 0.717) is 13.1 Å². The molecular formula is C15H26N4O4S2. The van der Waals surface area contributed by atoms with Gasteiger partial charge in [-0.3, -0.25) is 4.98 Å². The Morgan fingerprint density at radius 2 is 1.88 bits per heavy atom. The van der Waals surface area contributed by atoms with Gasteiger partial charge in [0, 0.05) is 51.0 Å². The first-order valence-electron chi connectivity index (χ1n) is 8.04. The summed E-state index contributed by atoms with van der Waals surface area (Å²) in [5, 5.41) is 0. The summed E-state index contributed by atoms with van der Waals surface area (Å²) in [7, 11) is -2.94. The molecule has 1 aliphatic heterocycles. The van der Waals surface area contributed by atoms with E-state index < -0.39 is 20.0 Å². The first kappa shape index (κ1) is 20.2. The van der Waals surface area contributed by atoms with Crippen LogP contribution in [0.3, 0.4) is 0 Å². The lowest BCUT2D eigenvalue weighted by molar-refractivity contribution is 0.218. The van der Waals surface area contributed by atoms with Crippen molar-refractivity contribution in [3.63, 3.8) is 0 Å². The van der Waals surface area contributed by atoms with E-state index in [-0.39, 0.29) is 31.3 Å². The zero-order valence-electron chi connectivity index (χ0n) is 14.9. The van der Waals surface area contributed by atoms with Gasteiger partial charge in [-0.2, -0.15) is 4.31 Å². The zero-order valence-corrected chi connectivity index (χ0v) is 16.5. The Bertz CT molecular complexity index is 760. The second-order valence-electron chi connectivity index (χ2n) is 6.72. The fourth-order valence-corrected chi connectivity index (χ4v) is 5.31. The highest BCUT2D eigenvalue weighted by Crippen LogP contribution is 2.22. The Morgan fingerprint density at radius 3 is 2.40 bits per heavy atom. The quantitative estimate of drug-likeness (QED) is 0.573. The van der Waals surface area contributed by atoms with Crippen LogP contribution in [0.25, 0.3) is 0 Å². The van der Waals surface area contributed by atoms with Crippen molar-refractivity contribution in [3.05, 3.63) is 30.1 Å². The molecule has 1 fully saturated rings. The predicted molar refractivity (Wildman–Crippen MR) is 96.9 cm³/mol. The molecule has 2 heterocycles. The minimum absolute atomic E-state index is 0.0350. The monoisotopic (exact) mass is 390 g/mol. The van der Waals surface area contributed by atoms with Crippen molar-refractivity contribution < 1.29 is 16.8 Å². The molecule has 10 heteroatoms. The molecule has 0 unspecified atom stereocenters. The van der Waals surface area contributed by atoms with Gasteiger partial charge in [-0.25, -0.2) is 21.1 Å². The molecule has 142 valence electrons. The van der Waals surface area contributed by atoms with Gasteiger partial charge in [-0.1, -0.05) is 6.07 Å². The average molecular weight is 391 g/mol. The number of hydrogen-bond donors (Lipinski definition) is 0. The van der Waals surface area contributed by atoms with Crippen LogP contribution >= 0.6 is 0 Å². The number of likely N-dealkylation sites (N-methyl/N-ethyl adjacent to an activating group) is 1.